The second-order valence-corrected chi connectivity index (χ2v) is 8.00. The van der Waals surface area contributed by atoms with E-state index in [4.69, 9.17) is 9.47 Å². The van der Waals surface area contributed by atoms with Crippen LogP contribution in [0.1, 0.15) is 17.5 Å². The summed E-state index contributed by atoms with van der Waals surface area (Å²) in [7, 11) is 5.18. The first-order valence-electron chi connectivity index (χ1n) is 10.9. The van der Waals surface area contributed by atoms with Gasteiger partial charge >= 0.3 is 0 Å². The van der Waals surface area contributed by atoms with Crippen molar-refractivity contribution in [3.05, 3.63) is 65.9 Å². The molecule has 1 aliphatic heterocycles. The van der Waals surface area contributed by atoms with E-state index in [2.05, 4.69) is 61.9 Å². The van der Waals surface area contributed by atoms with Gasteiger partial charge < -0.3 is 20.1 Å². The van der Waals surface area contributed by atoms with Gasteiger partial charge in [0.1, 0.15) is 11.5 Å². The van der Waals surface area contributed by atoms with Crippen molar-refractivity contribution in [1.29, 1.82) is 0 Å². The van der Waals surface area contributed by atoms with Crippen molar-refractivity contribution in [3.8, 4) is 11.5 Å². The fraction of sp³-hybridized carbons (Fsp3) is 0.360. The molecule has 0 saturated carbocycles. The number of pyridine rings is 1. The summed E-state index contributed by atoms with van der Waals surface area (Å²) in [6.07, 6.45) is 2.90. The van der Waals surface area contributed by atoms with Gasteiger partial charge in [0.25, 0.3) is 0 Å². The zero-order valence-electron chi connectivity index (χ0n) is 19.4. The Hall–Kier alpha value is -2.59. The molecular formula is C25H32IN5O2. The number of para-hydroxylation sites is 1. The maximum absolute atomic E-state index is 5.40. The molecule has 1 atom stereocenters. The van der Waals surface area contributed by atoms with Gasteiger partial charge in [-0.25, -0.2) is 0 Å². The molecule has 33 heavy (non-hydrogen) atoms. The standard InChI is InChI=1S/C25H31N5O2.HI/c1-26-25(28-15-20-7-4-6-19-8-5-10-27-24(19)20)29-21-9-11-30(17-21)16-18-12-22(31-2)14-23(13-18)32-3;/h4-8,10,12-14,21H,9,11,15-17H2,1-3H3,(H2,26,28,29);1H. The molecule has 4 rings (SSSR count). The lowest BCUT2D eigenvalue weighted by Crippen LogP contribution is -2.44. The molecule has 0 amide bonds. The van der Waals surface area contributed by atoms with Gasteiger partial charge in [0.2, 0.25) is 0 Å². The summed E-state index contributed by atoms with van der Waals surface area (Å²) < 4.78 is 10.8. The van der Waals surface area contributed by atoms with Crippen LogP contribution in [0.3, 0.4) is 0 Å². The molecule has 2 heterocycles. The average molecular weight is 561 g/mol. The normalized spacial score (nSPS) is 16.3. The number of rotatable bonds is 7. The zero-order chi connectivity index (χ0) is 22.3. The van der Waals surface area contributed by atoms with Crippen molar-refractivity contribution in [3.63, 3.8) is 0 Å². The number of fused-ring (bicyclic) bond motifs is 1. The highest BCUT2D eigenvalue weighted by atomic mass is 127. The largest absolute Gasteiger partial charge is 0.497 e. The van der Waals surface area contributed by atoms with Gasteiger partial charge in [-0.3, -0.25) is 14.9 Å². The van der Waals surface area contributed by atoms with Crippen LogP contribution in [0.25, 0.3) is 10.9 Å². The van der Waals surface area contributed by atoms with Gasteiger partial charge in [-0.15, -0.1) is 24.0 Å². The van der Waals surface area contributed by atoms with Crippen LogP contribution in [0, 0.1) is 0 Å². The molecule has 1 unspecified atom stereocenters. The minimum atomic E-state index is 0. The molecule has 0 aliphatic carbocycles. The van der Waals surface area contributed by atoms with Gasteiger partial charge in [-0.1, -0.05) is 24.3 Å². The number of ether oxygens (including phenoxy) is 2. The topological polar surface area (TPSA) is 71.0 Å². The Balaban J connectivity index is 0.00000306. The Bertz CT molecular complexity index is 1060. The fourth-order valence-electron chi connectivity index (χ4n) is 4.19. The minimum Gasteiger partial charge on any atom is -0.497 e. The van der Waals surface area contributed by atoms with Gasteiger partial charge in [-0.2, -0.15) is 0 Å². The smallest absolute Gasteiger partial charge is 0.191 e. The van der Waals surface area contributed by atoms with Crippen molar-refractivity contribution in [2.75, 3.05) is 34.4 Å². The number of likely N-dealkylation sites (tertiary alicyclic amines) is 1. The summed E-state index contributed by atoms with van der Waals surface area (Å²) >= 11 is 0. The average Bonchev–Trinajstić information content (AvgIpc) is 3.27. The molecule has 0 radical (unpaired) electrons. The Kier molecular flexibility index (Phi) is 9.13. The number of guanidine groups is 1. The molecule has 0 bridgehead atoms. The molecule has 0 spiro atoms. The maximum Gasteiger partial charge on any atom is 0.191 e. The first-order valence-corrected chi connectivity index (χ1v) is 10.9. The molecule has 1 fully saturated rings. The molecule has 8 heteroatoms. The number of halogens is 1. The molecule has 2 N–H and O–H groups in total. The molecular weight excluding hydrogens is 529 g/mol. The fourth-order valence-corrected chi connectivity index (χ4v) is 4.19. The first kappa shape index (κ1) is 25.0. The third-order valence-electron chi connectivity index (χ3n) is 5.82. The van der Waals surface area contributed by atoms with Crippen LogP contribution in [-0.4, -0.2) is 56.2 Å². The third-order valence-corrected chi connectivity index (χ3v) is 5.82. The molecule has 1 aliphatic rings. The lowest BCUT2D eigenvalue weighted by molar-refractivity contribution is 0.321. The van der Waals surface area contributed by atoms with Gasteiger partial charge in [0.05, 0.1) is 19.7 Å². The number of nitrogens with one attached hydrogen (secondary N) is 2. The summed E-state index contributed by atoms with van der Waals surface area (Å²) in [5.74, 6) is 2.45. The molecule has 1 aromatic heterocycles. The van der Waals surface area contributed by atoms with E-state index in [0.717, 1.165) is 60.0 Å². The summed E-state index contributed by atoms with van der Waals surface area (Å²) in [5, 5.41) is 8.17. The van der Waals surface area contributed by atoms with E-state index >= 15 is 0 Å². The Morgan fingerprint density at radius 3 is 2.61 bits per heavy atom. The van der Waals surface area contributed by atoms with Gasteiger partial charge in [0, 0.05) is 56.9 Å². The Morgan fingerprint density at radius 1 is 1.12 bits per heavy atom. The summed E-state index contributed by atoms with van der Waals surface area (Å²) in [6, 6.07) is 16.7. The zero-order valence-corrected chi connectivity index (χ0v) is 21.7. The molecule has 176 valence electrons. The summed E-state index contributed by atoms with van der Waals surface area (Å²) in [4.78, 5) is 11.4. The van der Waals surface area contributed by atoms with Crippen LogP contribution in [0.2, 0.25) is 0 Å². The van der Waals surface area contributed by atoms with E-state index in [1.54, 1.807) is 14.2 Å². The third kappa shape index (κ3) is 6.48. The van der Waals surface area contributed by atoms with E-state index in [1.165, 1.54) is 5.56 Å². The monoisotopic (exact) mass is 561 g/mol. The highest BCUT2D eigenvalue weighted by Gasteiger charge is 2.23. The SMILES string of the molecule is CN=C(NCc1cccc2cccnc12)NC1CCN(Cc2cc(OC)cc(OC)c2)C1.I. The summed E-state index contributed by atoms with van der Waals surface area (Å²) in [5.41, 5.74) is 3.37. The van der Waals surface area contributed by atoms with Crippen LogP contribution >= 0.6 is 24.0 Å². The van der Waals surface area contributed by atoms with Gasteiger partial charge in [-0.05, 0) is 35.7 Å². The van der Waals surface area contributed by atoms with Crippen molar-refractivity contribution in [2.45, 2.75) is 25.6 Å². The number of hydrogen-bond donors (Lipinski definition) is 2. The van der Waals surface area contributed by atoms with Crippen LogP contribution in [0.5, 0.6) is 11.5 Å². The predicted octanol–water partition coefficient (Wildman–Crippen LogP) is 3.81. The highest BCUT2D eigenvalue weighted by molar-refractivity contribution is 14.0. The van der Waals surface area contributed by atoms with E-state index in [9.17, 15) is 0 Å². The predicted molar refractivity (Wildman–Crippen MR) is 144 cm³/mol. The van der Waals surface area contributed by atoms with Crippen molar-refractivity contribution in [1.82, 2.24) is 20.5 Å². The lowest BCUT2D eigenvalue weighted by Gasteiger charge is -2.19. The number of hydrogen-bond acceptors (Lipinski definition) is 5. The minimum absolute atomic E-state index is 0. The van der Waals surface area contributed by atoms with E-state index in [1.807, 2.05) is 25.4 Å². The van der Waals surface area contributed by atoms with Crippen LogP contribution in [-0.2, 0) is 13.1 Å². The maximum atomic E-state index is 5.40. The van der Waals surface area contributed by atoms with Crippen molar-refractivity contribution < 1.29 is 9.47 Å². The number of nitrogens with zero attached hydrogens (tertiary/aromatic N) is 3. The second kappa shape index (κ2) is 12.0. The molecule has 2 aromatic carbocycles. The number of aliphatic imine (C=N–C) groups is 1. The molecule has 3 aromatic rings. The lowest BCUT2D eigenvalue weighted by atomic mass is 10.1. The van der Waals surface area contributed by atoms with Crippen molar-refractivity contribution in [2.24, 2.45) is 4.99 Å². The molecule has 7 nitrogen and oxygen atoms in total. The van der Waals surface area contributed by atoms with Crippen molar-refractivity contribution >= 4 is 40.8 Å². The number of benzene rings is 2. The quantitative estimate of drug-likeness (QED) is 0.260. The Labute approximate surface area is 212 Å². The van der Waals surface area contributed by atoms with Gasteiger partial charge in [0.15, 0.2) is 5.96 Å². The van der Waals surface area contributed by atoms with Crippen LogP contribution < -0.4 is 20.1 Å². The van der Waals surface area contributed by atoms with E-state index in [0.29, 0.717) is 12.6 Å². The number of methoxy groups -OCH3 is 2. The highest BCUT2D eigenvalue weighted by Crippen LogP contribution is 2.24. The molecule has 1 saturated heterocycles. The second-order valence-electron chi connectivity index (χ2n) is 8.00. The van der Waals surface area contributed by atoms with E-state index < -0.39 is 0 Å². The van der Waals surface area contributed by atoms with Crippen LogP contribution in [0.4, 0.5) is 0 Å². The first-order chi connectivity index (χ1) is 15.7. The van der Waals surface area contributed by atoms with E-state index in [-0.39, 0.29) is 24.0 Å². The van der Waals surface area contributed by atoms with Crippen LogP contribution in [0.15, 0.2) is 59.7 Å². The number of aromatic nitrogens is 1. The Morgan fingerprint density at radius 2 is 1.88 bits per heavy atom. The summed E-state index contributed by atoms with van der Waals surface area (Å²) in [6.45, 7) is 3.52.